The lowest BCUT2D eigenvalue weighted by Crippen LogP contribution is -1.95. The monoisotopic (exact) mass is 257 g/mol. The first-order valence-electron chi connectivity index (χ1n) is 5.64. The summed E-state index contributed by atoms with van der Waals surface area (Å²) in [5.41, 5.74) is 1.46. The van der Waals surface area contributed by atoms with E-state index in [-0.39, 0.29) is 5.75 Å². The standard InChI is InChI=1S/C14H11NO2S/c16-18(17)9-14-12-7-2-1-5-10(12)11-6-3-4-8-13(11)15-14/h1-8,18H,9H2. The van der Waals surface area contributed by atoms with Gasteiger partial charge in [-0.3, -0.25) is 4.98 Å². The molecule has 1 heterocycles. The molecule has 0 radical (unpaired) electrons. The van der Waals surface area contributed by atoms with Crippen LogP contribution in [-0.4, -0.2) is 13.4 Å². The van der Waals surface area contributed by atoms with E-state index in [1.165, 1.54) is 0 Å². The molecule has 0 N–H and O–H groups in total. The lowest BCUT2D eigenvalue weighted by molar-refractivity contribution is 0.613. The van der Waals surface area contributed by atoms with Gasteiger partial charge in [0.2, 0.25) is 0 Å². The van der Waals surface area contributed by atoms with Crippen molar-refractivity contribution in [2.75, 3.05) is 0 Å². The molecule has 2 aromatic carbocycles. The van der Waals surface area contributed by atoms with Crippen LogP contribution in [0.25, 0.3) is 21.7 Å². The van der Waals surface area contributed by atoms with Crippen molar-refractivity contribution in [2.24, 2.45) is 0 Å². The molecule has 18 heavy (non-hydrogen) atoms. The molecule has 0 saturated heterocycles. The molecular formula is C14H11NO2S. The molecule has 3 aromatic rings. The van der Waals surface area contributed by atoms with Crippen LogP contribution in [0, 0.1) is 0 Å². The summed E-state index contributed by atoms with van der Waals surface area (Å²) < 4.78 is 21.9. The fourth-order valence-corrected chi connectivity index (χ4v) is 2.70. The van der Waals surface area contributed by atoms with Gasteiger partial charge in [-0.15, -0.1) is 0 Å². The van der Waals surface area contributed by atoms with Gasteiger partial charge in [-0.05, 0) is 11.5 Å². The number of aromatic nitrogens is 1. The summed E-state index contributed by atoms with van der Waals surface area (Å²) in [5, 5.41) is 3.02. The molecular weight excluding hydrogens is 246 g/mol. The van der Waals surface area contributed by atoms with Gasteiger partial charge >= 0.3 is 0 Å². The molecule has 0 spiro atoms. The van der Waals surface area contributed by atoms with E-state index in [1.807, 2.05) is 48.5 Å². The summed E-state index contributed by atoms with van der Waals surface area (Å²) in [4.78, 5) is 4.46. The van der Waals surface area contributed by atoms with Gasteiger partial charge in [0.25, 0.3) is 0 Å². The Labute approximate surface area is 106 Å². The number of rotatable bonds is 2. The van der Waals surface area contributed by atoms with E-state index in [0.717, 1.165) is 21.7 Å². The Kier molecular flexibility index (Phi) is 2.72. The molecule has 1 aromatic heterocycles. The molecule has 90 valence electrons. The molecule has 0 aliphatic carbocycles. The van der Waals surface area contributed by atoms with Crippen molar-refractivity contribution in [2.45, 2.75) is 5.75 Å². The van der Waals surface area contributed by atoms with Crippen LogP contribution in [0.2, 0.25) is 0 Å². The number of fused-ring (bicyclic) bond motifs is 3. The van der Waals surface area contributed by atoms with Crippen LogP contribution in [0.4, 0.5) is 0 Å². The average molecular weight is 257 g/mol. The summed E-state index contributed by atoms with van der Waals surface area (Å²) in [6.07, 6.45) is 0. The normalized spacial score (nSPS) is 11.4. The minimum absolute atomic E-state index is 0.0132. The van der Waals surface area contributed by atoms with Crippen molar-refractivity contribution in [1.29, 1.82) is 0 Å². The first-order chi connectivity index (χ1) is 8.75. The van der Waals surface area contributed by atoms with Crippen LogP contribution < -0.4 is 0 Å². The van der Waals surface area contributed by atoms with E-state index < -0.39 is 10.7 Å². The minimum Gasteiger partial charge on any atom is -0.251 e. The first-order valence-corrected chi connectivity index (χ1v) is 7.00. The number of nitrogens with zero attached hydrogens (tertiary/aromatic N) is 1. The van der Waals surface area contributed by atoms with E-state index in [2.05, 4.69) is 4.98 Å². The lowest BCUT2D eigenvalue weighted by Gasteiger charge is -2.07. The summed E-state index contributed by atoms with van der Waals surface area (Å²) in [6.45, 7) is 0. The fraction of sp³-hybridized carbons (Fsp3) is 0.0714. The van der Waals surface area contributed by atoms with Crippen molar-refractivity contribution in [3.05, 3.63) is 54.2 Å². The molecule has 0 aliphatic rings. The van der Waals surface area contributed by atoms with Gasteiger partial charge in [0.15, 0.2) is 0 Å². The van der Waals surface area contributed by atoms with E-state index >= 15 is 0 Å². The second kappa shape index (κ2) is 4.38. The van der Waals surface area contributed by atoms with Crippen LogP contribution in [-0.2, 0) is 16.5 Å². The zero-order valence-electron chi connectivity index (χ0n) is 9.54. The van der Waals surface area contributed by atoms with Crippen LogP contribution in [0.1, 0.15) is 5.69 Å². The van der Waals surface area contributed by atoms with Gasteiger partial charge in [0.05, 0.1) is 17.0 Å². The van der Waals surface area contributed by atoms with Crippen LogP contribution in [0.5, 0.6) is 0 Å². The Morgan fingerprint density at radius 1 is 0.833 bits per heavy atom. The Morgan fingerprint density at radius 3 is 2.17 bits per heavy atom. The SMILES string of the molecule is O=[SH](=O)Cc1nc2ccccc2c2ccccc12. The summed E-state index contributed by atoms with van der Waals surface area (Å²) >= 11 is 0. The average Bonchev–Trinajstić information content (AvgIpc) is 2.38. The highest BCUT2D eigenvalue weighted by molar-refractivity contribution is 7.71. The van der Waals surface area contributed by atoms with Gasteiger partial charge < -0.3 is 0 Å². The first kappa shape index (κ1) is 11.2. The quantitative estimate of drug-likeness (QED) is 0.567. The third-order valence-corrected chi connectivity index (χ3v) is 3.52. The van der Waals surface area contributed by atoms with Crippen molar-refractivity contribution >= 4 is 32.4 Å². The van der Waals surface area contributed by atoms with Crippen molar-refractivity contribution in [3.63, 3.8) is 0 Å². The maximum atomic E-state index is 10.9. The predicted molar refractivity (Wildman–Crippen MR) is 73.3 cm³/mol. The molecule has 0 fully saturated rings. The highest BCUT2D eigenvalue weighted by atomic mass is 32.2. The maximum Gasteiger partial charge on any atom is 0.145 e. The van der Waals surface area contributed by atoms with Gasteiger partial charge in [-0.25, -0.2) is 8.42 Å². The Bertz CT molecular complexity index is 801. The van der Waals surface area contributed by atoms with Crippen molar-refractivity contribution in [3.8, 4) is 0 Å². The fourth-order valence-electron chi connectivity index (χ4n) is 2.22. The Balaban J connectivity index is 2.46. The van der Waals surface area contributed by atoms with Crippen molar-refractivity contribution in [1.82, 2.24) is 4.98 Å². The maximum absolute atomic E-state index is 10.9. The molecule has 4 heteroatoms. The molecule has 3 rings (SSSR count). The number of pyridine rings is 1. The predicted octanol–water partition coefficient (Wildman–Crippen LogP) is 2.50. The third-order valence-electron chi connectivity index (χ3n) is 2.97. The highest BCUT2D eigenvalue weighted by Gasteiger charge is 2.07. The molecule has 0 atom stereocenters. The van der Waals surface area contributed by atoms with Gasteiger partial charge in [-0.2, -0.15) is 0 Å². The van der Waals surface area contributed by atoms with E-state index in [4.69, 9.17) is 0 Å². The second-order valence-corrected chi connectivity index (χ2v) is 5.09. The molecule has 0 bridgehead atoms. The topological polar surface area (TPSA) is 47.0 Å². The number of hydrogen-bond acceptors (Lipinski definition) is 3. The van der Waals surface area contributed by atoms with Crippen LogP contribution in [0.3, 0.4) is 0 Å². The van der Waals surface area contributed by atoms with Crippen LogP contribution in [0.15, 0.2) is 48.5 Å². The Morgan fingerprint density at radius 2 is 1.44 bits per heavy atom. The van der Waals surface area contributed by atoms with E-state index in [9.17, 15) is 8.42 Å². The Hall–Kier alpha value is -1.94. The molecule has 0 amide bonds. The molecule has 0 saturated carbocycles. The smallest absolute Gasteiger partial charge is 0.145 e. The van der Waals surface area contributed by atoms with Gasteiger partial charge in [-0.1, -0.05) is 42.5 Å². The second-order valence-electron chi connectivity index (χ2n) is 4.11. The zero-order valence-corrected chi connectivity index (χ0v) is 10.4. The van der Waals surface area contributed by atoms with E-state index in [1.54, 1.807) is 0 Å². The molecule has 0 unspecified atom stereocenters. The molecule has 3 nitrogen and oxygen atoms in total. The minimum atomic E-state index is -2.47. The molecule has 0 aliphatic heterocycles. The van der Waals surface area contributed by atoms with Gasteiger partial charge in [0.1, 0.15) is 10.7 Å². The van der Waals surface area contributed by atoms with Gasteiger partial charge in [0, 0.05) is 10.8 Å². The number of thiol groups is 1. The zero-order chi connectivity index (χ0) is 12.5. The third kappa shape index (κ3) is 1.84. The lowest BCUT2D eigenvalue weighted by atomic mass is 10.0. The number of hydrogen-bond donors (Lipinski definition) is 1. The van der Waals surface area contributed by atoms with Crippen LogP contribution >= 0.6 is 0 Å². The highest BCUT2D eigenvalue weighted by Crippen LogP contribution is 2.26. The number of para-hydroxylation sites is 1. The summed E-state index contributed by atoms with van der Waals surface area (Å²) in [7, 11) is -2.47. The summed E-state index contributed by atoms with van der Waals surface area (Å²) in [6, 6.07) is 15.6. The van der Waals surface area contributed by atoms with E-state index in [0.29, 0.717) is 5.69 Å². The summed E-state index contributed by atoms with van der Waals surface area (Å²) in [5.74, 6) is -0.0132. The number of benzene rings is 2. The van der Waals surface area contributed by atoms with Crippen molar-refractivity contribution < 1.29 is 8.42 Å². The largest absolute Gasteiger partial charge is 0.251 e.